The summed E-state index contributed by atoms with van der Waals surface area (Å²) in [5.41, 5.74) is 1.81. The van der Waals surface area contributed by atoms with Gasteiger partial charge in [-0.15, -0.1) is 0 Å². The van der Waals surface area contributed by atoms with Crippen LogP contribution < -0.4 is 10.1 Å². The smallest absolute Gasteiger partial charge is 0.258 e. The molecule has 0 spiro atoms. The van der Waals surface area contributed by atoms with Gasteiger partial charge in [-0.3, -0.25) is 4.79 Å². The molecular weight excluding hydrogens is 348 g/mol. The lowest BCUT2D eigenvalue weighted by molar-refractivity contribution is 0.0651. The molecule has 0 unspecified atom stereocenters. The molecule has 2 aromatic carbocycles. The molecular formula is C20H18N2O5. The van der Waals surface area contributed by atoms with Crippen molar-refractivity contribution in [3.05, 3.63) is 71.7 Å². The number of carbonyl (C=O) groups is 1. The number of carbonyl (C=O) groups excluding carboxylic acids is 1. The number of phenolic OH excluding ortho intramolecular Hbond substituents is 2. The number of hydrogen-bond donors (Lipinski definition) is 3. The lowest BCUT2D eigenvalue weighted by Crippen LogP contribution is -2.42. The molecule has 2 heterocycles. The lowest BCUT2D eigenvalue weighted by Gasteiger charge is -2.37. The van der Waals surface area contributed by atoms with E-state index in [9.17, 15) is 15.0 Å². The molecule has 0 saturated heterocycles. The summed E-state index contributed by atoms with van der Waals surface area (Å²) >= 11 is 0. The van der Waals surface area contributed by atoms with E-state index in [0.717, 1.165) is 0 Å². The van der Waals surface area contributed by atoms with E-state index >= 15 is 0 Å². The average Bonchev–Trinajstić information content (AvgIpc) is 3.19. The maximum atomic E-state index is 13.1. The molecule has 0 saturated carbocycles. The summed E-state index contributed by atoms with van der Waals surface area (Å²) in [7, 11) is 1.40. The van der Waals surface area contributed by atoms with Gasteiger partial charge < -0.3 is 29.6 Å². The third-order valence-corrected chi connectivity index (χ3v) is 4.54. The Morgan fingerprint density at radius 2 is 2.00 bits per heavy atom. The number of fused-ring (bicyclic) bond motifs is 1. The lowest BCUT2D eigenvalue weighted by atomic mass is 10.0. The van der Waals surface area contributed by atoms with Crippen LogP contribution in [0.3, 0.4) is 0 Å². The van der Waals surface area contributed by atoms with Gasteiger partial charge in [0.1, 0.15) is 11.9 Å². The van der Waals surface area contributed by atoms with Gasteiger partial charge in [0.05, 0.1) is 25.5 Å². The van der Waals surface area contributed by atoms with Gasteiger partial charge in [-0.05, 0) is 36.4 Å². The summed E-state index contributed by atoms with van der Waals surface area (Å²) in [5.74, 6) is -0.0883. The zero-order chi connectivity index (χ0) is 19.0. The molecule has 7 heteroatoms. The summed E-state index contributed by atoms with van der Waals surface area (Å²) in [4.78, 5) is 14.7. The number of aromatic hydroxyl groups is 2. The van der Waals surface area contributed by atoms with Crippen LogP contribution in [-0.2, 0) is 6.54 Å². The van der Waals surface area contributed by atoms with E-state index in [0.29, 0.717) is 22.6 Å². The van der Waals surface area contributed by atoms with Gasteiger partial charge >= 0.3 is 0 Å². The van der Waals surface area contributed by atoms with E-state index < -0.39 is 6.17 Å². The molecule has 7 nitrogen and oxygen atoms in total. The second kappa shape index (κ2) is 6.60. The van der Waals surface area contributed by atoms with Crippen molar-refractivity contribution in [1.29, 1.82) is 0 Å². The summed E-state index contributed by atoms with van der Waals surface area (Å²) < 4.78 is 10.5. The number of benzene rings is 2. The molecule has 1 amide bonds. The second-order valence-electron chi connectivity index (χ2n) is 6.20. The molecule has 0 radical (unpaired) electrons. The molecule has 1 aliphatic rings. The van der Waals surface area contributed by atoms with Gasteiger partial charge in [-0.2, -0.15) is 0 Å². The minimum absolute atomic E-state index is 0.121. The first-order chi connectivity index (χ1) is 13.1. The van der Waals surface area contributed by atoms with Crippen LogP contribution in [0, 0.1) is 0 Å². The molecule has 0 bridgehead atoms. The Labute approximate surface area is 155 Å². The number of ether oxygens (including phenoxy) is 1. The highest BCUT2D eigenvalue weighted by molar-refractivity contribution is 6.01. The van der Waals surface area contributed by atoms with Crippen molar-refractivity contribution in [3.8, 4) is 17.2 Å². The largest absolute Gasteiger partial charge is 0.504 e. The van der Waals surface area contributed by atoms with Gasteiger partial charge in [0.15, 0.2) is 11.5 Å². The van der Waals surface area contributed by atoms with E-state index in [1.165, 1.54) is 13.2 Å². The predicted molar refractivity (Wildman–Crippen MR) is 97.7 cm³/mol. The molecule has 3 aromatic rings. The third kappa shape index (κ3) is 2.93. The fourth-order valence-electron chi connectivity index (χ4n) is 3.22. The SMILES string of the molecule is COc1cc([C@@H]2Nc3ccccc3C(=O)N2Cc2ccco2)cc(O)c1O. The number of methoxy groups -OCH3 is 1. The fourth-order valence-corrected chi connectivity index (χ4v) is 3.22. The van der Waals surface area contributed by atoms with Crippen LogP contribution in [0.15, 0.2) is 59.2 Å². The number of amides is 1. The number of phenols is 2. The Kier molecular flexibility index (Phi) is 4.12. The number of nitrogens with zero attached hydrogens (tertiary/aromatic N) is 1. The van der Waals surface area contributed by atoms with Crippen molar-refractivity contribution in [2.75, 3.05) is 12.4 Å². The van der Waals surface area contributed by atoms with Crippen molar-refractivity contribution in [3.63, 3.8) is 0 Å². The molecule has 27 heavy (non-hydrogen) atoms. The topological polar surface area (TPSA) is 95.2 Å². The minimum atomic E-state index is -0.585. The average molecular weight is 366 g/mol. The van der Waals surface area contributed by atoms with Crippen LogP contribution in [0.4, 0.5) is 5.69 Å². The van der Waals surface area contributed by atoms with Crippen LogP contribution in [0.2, 0.25) is 0 Å². The Morgan fingerprint density at radius 1 is 1.19 bits per heavy atom. The second-order valence-corrected chi connectivity index (χ2v) is 6.20. The molecule has 0 aliphatic carbocycles. The zero-order valence-electron chi connectivity index (χ0n) is 14.5. The van der Waals surface area contributed by atoms with E-state index in [2.05, 4.69) is 5.32 Å². The van der Waals surface area contributed by atoms with Crippen molar-refractivity contribution < 1.29 is 24.2 Å². The standard InChI is InChI=1S/C20H18N2O5/c1-26-17-10-12(9-16(23)18(17)24)19-21-15-7-3-2-6-14(15)20(25)22(19)11-13-5-4-8-27-13/h2-10,19,21,23-24H,11H2,1H3/t19-/m1/s1. The normalized spacial score (nSPS) is 16.0. The van der Waals surface area contributed by atoms with Gasteiger partial charge in [0, 0.05) is 11.3 Å². The van der Waals surface area contributed by atoms with Crippen molar-refractivity contribution in [2.24, 2.45) is 0 Å². The van der Waals surface area contributed by atoms with E-state index in [1.54, 1.807) is 41.5 Å². The molecule has 1 aromatic heterocycles. The Hall–Kier alpha value is -3.61. The number of anilines is 1. The Balaban J connectivity index is 1.81. The fraction of sp³-hybridized carbons (Fsp3) is 0.150. The summed E-state index contributed by atoms with van der Waals surface area (Å²) in [5, 5.41) is 23.3. The van der Waals surface area contributed by atoms with E-state index in [4.69, 9.17) is 9.15 Å². The highest BCUT2D eigenvalue weighted by atomic mass is 16.5. The summed E-state index contributed by atoms with van der Waals surface area (Å²) in [6, 6.07) is 13.8. The van der Waals surface area contributed by atoms with Crippen LogP contribution >= 0.6 is 0 Å². The summed E-state index contributed by atoms with van der Waals surface area (Å²) in [6.45, 7) is 0.238. The first-order valence-corrected chi connectivity index (χ1v) is 8.37. The maximum Gasteiger partial charge on any atom is 0.258 e. The minimum Gasteiger partial charge on any atom is -0.504 e. The maximum absolute atomic E-state index is 13.1. The predicted octanol–water partition coefficient (Wildman–Crippen LogP) is 3.47. The number of rotatable bonds is 4. The van der Waals surface area contributed by atoms with Gasteiger partial charge in [0.2, 0.25) is 5.75 Å². The number of para-hydroxylation sites is 1. The van der Waals surface area contributed by atoms with Crippen LogP contribution in [-0.4, -0.2) is 28.1 Å². The molecule has 0 fully saturated rings. The highest BCUT2D eigenvalue weighted by Gasteiger charge is 2.34. The van der Waals surface area contributed by atoms with Crippen molar-refractivity contribution >= 4 is 11.6 Å². The molecule has 1 aliphatic heterocycles. The molecule has 1 atom stereocenters. The first kappa shape index (κ1) is 16.8. The Morgan fingerprint density at radius 3 is 2.74 bits per heavy atom. The number of nitrogens with one attached hydrogen (secondary N) is 1. The highest BCUT2D eigenvalue weighted by Crippen LogP contribution is 2.41. The van der Waals surface area contributed by atoms with Crippen molar-refractivity contribution in [1.82, 2.24) is 4.90 Å². The number of furan rings is 1. The van der Waals surface area contributed by atoms with E-state index in [-0.39, 0.29) is 29.7 Å². The van der Waals surface area contributed by atoms with Gasteiger partial charge in [-0.25, -0.2) is 0 Å². The first-order valence-electron chi connectivity index (χ1n) is 8.37. The summed E-state index contributed by atoms with van der Waals surface area (Å²) in [6.07, 6.45) is 0.966. The zero-order valence-corrected chi connectivity index (χ0v) is 14.5. The monoisotopic (exact) mass is 366 g/mol. The van der Waals surface area contributed by atoms with E-state index in [1.807, 2.05) is 12.1 Å². The third-order valence-electron chi connectivity index (χ3n) is 4.54. The Bertz CT molecular complexity index is 984. The quantitative estimate of drug-likeness (QED) is 0.612. The van der Waals surface area contributed by atoms with Crippen LogP contribution in [0.25, 0.3) is 0 Å². The molecule has 3 N–H and O–H groups in total. The molecule has 4 rings (SSSR count). The van der Waals surface area contributed by atoms with Crippen LogP contribution in [0.5, 0.6) is 17.2 Å². The van der Waals surface area contributed by atoms with Crippen molar-refractivity contribution in [2.45, 2.75) is 12.7 Å². The van der Waals surface area contributed by atoms with Gasteiger partial charge in [0.25, 0.3) is 5.91 Å². The molecule has 138 valence electrons. The van der Waals surface area contributed by atoms with Gasteiger partial charge in [-0.1, -0.05) is 12.1 Å². The van der Waals surface area contributed by atoms with Crippen LogP contribution in [0.1, 0.15) is 27.8 Å². The number of hydrogen-bond acceptors (Lipinski definition) is 6.